The molecule has 6 heteroatoms. The number of rotatable bonds is 3. The van der Waals surface area contributed by atoms with Crippen LogP contribution in [0.4, 0.5) is 5.69 Å². The summed E-state index contributed by atoms with van der Waals surface area (Å²) in [5, 5.41) is 3.06. The summed E-state index contributed by atoms with van der Waals surface area (Å²) in [6.45, 7) is 4.66. The molecule has 25 heavy (non-hydrogen) atoms. The van der Waals surface area contributed by atoms with Crippen molar-refractivity contribution in [2.24, 2.45) is 0 Å². The Morgan fingerprint density at radius 1 is 1.36 bits per heavy atom. The van der Waals surface area contributed by atoms with E-state index in [1.807, 2.05) is 31.2 Å². The number of hydrogen-bond donors (Lipinski definition) is 2. The first kappa shape index (κ1) is 16.3. The Morgan fingerprint density at radius 2 is 2.16 bits per heavy atom. The van der Waals surface area contributed by atoms with Crippen molar-refractivity contribution in [1.29, 1.82) is 0 Å². The Morgan fingerprint density at radius 3 is 2.96 bits per heavy atom. The lowest BCUT2D eigenvalue weighted by atomic mass is 9.80. The molecule has 2 aliphatic rings. The quantitative estimate of drug-likeness (QED) is 0.899. The maximum absolute atomic E-state index is 12.7. The fraction of sp³-hybridized carbons (Fsp3) is 0.474. The topological polar surface area (TPSA) is 70.2 Å². The molecule has 4 rings (SSSR count). The largest absolute Gasteiger partial charge is 0.381 e. The molecule has 2 aromatic rings. The molecule has 1 aromatic carbocycles. The highest BCUT2D eigenvalue weighted by Gasteiger charge is 2.46. The van der Waals surface area contributed by atoms with Crippen molar-refractivity contribution >= 4 is 11.6 Å². The van der Waals surface area contributed by atoms with E-state index in [0.717, 1.165) is 42.8 Å². The lowest BCUT2D eigenvalue weighted by Crippen LogP contribution is -2.55. The van der Waals surface area contributed by atoms with Crippen molar-refractivity contribution in [2.75, 3.05) is 31.6 Å². The first-order chi connectivity index (χ1) is 12.2. The number of carbonyl (C=O) groups is 1. The van der Waals surface area contributed by atoms with Gasteiger partial charge in [0.15, 0.2) is 0 Å². The summed E-state index contributed by atoms with van der Waals surface area (Å²) in [6.07, 6.45) is 4.43. The van der Waals surface area contributed by atoms with Crippen molar-refractivity contribution < 1.29 is 9.53 Å². The molecule has 1 saturated heterocycles. The van der Waals surface area contributed by atoms with Crippen LogP contribution in [0.1, 0.15) is 29.8 Å². The number of nitrogens with one attached hydrogen (secondary N) is 2. The van der Waals surface area contributed by atoms with Gasteiger partial charge in [0.05, 0.1) is 24.1 Å². The van der Waals surface area contributed by atoms with E-state index in [1.54, 1.807) is 6.33 Å². The van der Waals surface area contributed by atoms with Crippen LogP contribution < -0.4 is 5.32 Å². The van der Waals surface area contributed by atoms with Crippen LogP contribution in [0.15, 0.2) is 30.6 Å². The molecule has 1 aromatic heterocycles. The molecule has 2 aliphatic heterocycles. The Labute approximate surface area is 147 Å². The van der Waals surface area contributed by atoms with Crippen molar-refractivity contribution in [2.45, 2.75) is 31.7 Å². The van der Waals surface area contributed by atoms with Crippen molar-refractivity contribution in [1.82, 2.24) is 14.9 Å². The molecule has 0 unspecified atom stereocenters. The molecule has 1 spiro atoms. The highest BCUT2D eigenvalue weighted by Crippen LogP contribution is 2.41. The second kappa shape index (κ2) is 6.61. The van der Waals surface area contributed by atoms with Gasteiger partial charge in [-0.2, -0.15) is 0 Å². The van der Waals surface area contributed by atoms with Crippen LogP contribution in [0.5, 0.6) is 0 Å². The van der Waals surface area contributed by atoms with Crippen LogP contribution in [0.25, 0.3) is 0 Å². The molecule has 132 valence electrons. The second-order valence-electron chi connectivity index (χ2n) is 6.91. The normalized spacial score (nSPS) is 19.6. The van der Waals surface area contributed by atoms with Gasteiger partial charge in [-0.15, -0.1) is 0 Å². The molecular weight excluding hydrogens is 316 g/mol. The summed E-state index contributed by atoms with van der Waals surface area (Å²) in [4.78, 5) is 22.9. The van der Waals surface area contributed by atoms with Gasteiger partial charge in [0.25, 0.3) is 0 Å². The first-order valence-corrected chi connectivity index (χ1v) is 8.90. The fourth-order valence-electron chi connectivity index (χ4n) is 4.09. The Kier molecular flexibility index (Phi) is 4.31. The van der Waals surface area contributed by atoms with E-state index in [0.29, 0.717) is 19.8 Å². The Hall–Kier alpha value is -2.18. The molecule has 6 nitrogen and oxygen atoms in total. The maximum Gasteiger partial charge on any atom is 0.238 e. The lowest BCUT2D eigenvalue weighted by Gasteiger charge is -2.48. The minimum atomic E-state index is -0.186. The van der Waals surface area contributed by atoms with Gasteiger partial charge in [0.2, 0.25) is 5.91 Å². The Bertz CT molecular complexity index is 764. The highest BCUT2D eigenvalue weighted by molar-refractivity contribution is 5.93. The third-order valence-corrected chi connectivity index (χ3v) is 5.47. The predicted molar refractivity (Wildman–Crippen MR) is 95.4 cm³/mol. The molecule has 0 aliphatic carbocycles. The van der Waals surface area contributed by atoms with E-state index >= 15 is 0 Å². The van der Waals surface area contributed by atoms with Crippen LogP contribution in [-0.2, 0) is 21.5 Å². The van der Waals surface area contributed by atoms with E-state index in [2.05, 4.69) is 20.2 Å². The van der Waals surface area contributed by atoms with Crippen LogP contribution in [0.3, 0.4) is 0 Å². The number of ether oxygens (including phenoxy) is 1. The van der Waals surface area contributed by atoms with Gasteiger partial charge >= 0.3 is 0 Å². The third kappa shape index (κ3) is 2.96. The molecule has 0 radical (unpaired) electrons. The summed E-state index contributed by atoms with van der Waals surface area (Å²) in [7, 11) is 0. The first-order valence-electron chi connectivity index (χ1n) is 8.90. The molecule has 1 fully saturated rings. The zero-order valence-electron chi connectivity index (χ0n) is 14.5. The van der Waals surface area contributed by atoms with Crippen molar-refractivity contribution in [3.63, 3.8) is 0 Å². The average Bonchev–Trinajstić information content (AvgIpc) is 3.11. The molecule has 3 heterocycles. The number of para-hydroxylation sites is 1. The van der Waals surface area contributed by atoms with Gasteiger partial charge in [0, 0.05) is 37.6 Å². The number of aromatic amines is 1. The monoisotopic (exact) mass is 340 g/mol. The molecule has 0 atom stereocenters. The number of benzene rings is 1. The number of carbonyl (C=O) groups excluding carboxylic acids is 1. The Balaban J connectivity index is 1.55. The SMILES string of the molecule is Cc1ccccc1NC(=O)CN1CCc2[nH]cnc2C12CCOCC2. The summed E-state index contributed by atoms with van der Waals surface area (Å²) in [5.41, 5.74) is 4.08. The van der Waals surface area contributed by atoms with Gasteiger partial charge in [0.1, 0.15) is 0 Å². The lowest BCUT2D eigenvalue weighted by molar-refractivity contribution is -0.121. The number of anilines is 1. The van der Waals surface area contributed by atoms with Crippen molar-refractivity contribution in [3.05, 3.63) is 47.5 Å². The second-order valence-corrected chi connectivity index (χ2v) is 6.91. The van der Waals surface area contributed by atoms with Crippen LogP contribution in [0.2, 0.25) is 0 Å². The summed E-state index contributed by atoms with van der Waals surface area (Å²) >= 11 is 0. The summed E-state index contributed by atoms with van der Waals surface area (Å²) < 4.78 is 5.59. The third-order valence-electron chi connectivity index (χ3n) is 5.47. The van der Waals surface area contributed by atoms with Crippen LogP contribution >= 0.6 is 0 Å². The number of fused-ring (bicyclic) bond motifs is 2. The number of nitrogens with zero attached hydrogens (tertiary/aromatic N) is 2. The van der Waals surface area contributed by atoms with E-state index in [1.165, 1.54) is 5.69 Å². The summed E-state index contributed by atoms with van der Waals surface area (Å²) in [6, 6.07) is 7.87. The molecule has 0 saturated carbocycles. The predicted octanol–water partition coefficient (Wildman–Crippen LogP) is 2.22. The van der Waals surface area contributed by atoms with Gasteiger partial charge in [-0.05, 0) is 31.4 Å². The van der Waals surface area contributed by atoms with Crippen LogP contribution in [0, 0.1) is 6.92 Å². The number of hydrogen-bond acceptors (Lipinski definition) is 4. The zero-order chi connectivity index (χ0) is 17.3. The zero-order valence-corrected chi connectivity index (χ0v) is 14.5. The molecular formula is C19H24N4O2. The number of amides is 1. The minimum absolute atomic E-state index is 0.0270. The smallest absolute Gasteiger partial charge is 0.238 e. The van der Waals surface area contributed by atoms with Crippen LogP contribution in [-0.4, -0.2) is 47.1 Å². The maximum atomic E-state index is 12.7. The van der Waals surface area contributed by atoms with E-state index in [9.17, 15) is 4.79 Å². The number of imidazole rings is 1. The van der Waals surface area contributed by atoms with Gasteiger partial charge in [-0.3, -0.25) is 9.69 Å². The molecule has 1 amide bonds. The number of aryl methyl sites for hydroxylation is 1. The van der Waals surface area contributed by atoms with E-state index in [-0.39, 0.29) is 11.4 Å². The number of H-pyrrole nitrogens is 1. The average molecular weight is 340 g/mol. The molecule has 2 N–H and O–H groups in total. The van der Waals surface area contributed by atoms with E-state index in [4.69, 9.17) is 4.74 Å². The van der Waals surface area contributed by atoms with E-state index < -0.39 is 0 Å². The van der Waals surface area contributed by atoms with Gasteiger partial charge < -0.3 is 15.0 Å². The summed E-state index contributed by atoms with van der Waals surface area (Å²) in [5.74, 6) is 0.0270. The van der Waals surface area contributed by atoms with Crippen molar-refractivity contribution in [3.8, 4) is 0 Å². The minimum Gasteiger partial charge on any atom is -0.381 e. The van der Waals surface area contributed by atoms with Gasteiger partial charge in [-0.1, -0.05) is 18.2 Å². The van der Waals surface area contributed by atoms with Gasteiger partial charge in [-0.25, -0.2) is 4.98 Å². The standard InChI is InChI=1S/C19H24N4O2/c1-14-4-2-3-5-15(14)22-17(24)12-23-9-6-16-18(21-13-20-16)19(23)7-10-25-11-8-19/h2-5,13H,6-12H2,1H3,(H,20,21)(H,22,24). The molecule has 0 bridgehead atoms. The fourth-order valence-corrected chi connectivity index (χ4v) is 4.09. The highest BCUT2D eigenvalue weighted by atomic mass is 16.5. The number of aromatic nitrogens is 2.